The Morgan fingerprint density at radius 1 is 0.911 bits per heavy atom. The second kappa shape index (κ2) is 19.5. The maximum atomic E-state index is 12.8. The molecule has 0 radical (unpaired) electrons. The summed E-state index contributed by atoms with van der Waals surface area (Å²) in [6, 6.07) is 4.82. The van der Waals surface area contributed by atoms with Crippen molar-refractivity contribution in [2.45, 2.75) is 40.2 Å². The highest BCUT2D eigenvalue weighted by Gasteiger charge is 2.21. The molecule has 0 fully saturated rings. The molecule has 0 bridgehead atoms. The third-order valence-corrected chi connectivity index (χ3v) is 6.36. The minimum Gasteiger partial charge on any atom is -0.444 e. The molecule has 0 atom stereocenters. The summed E-state index contributed by atoms with van der Waals surface area (Å²) in [6.45, 7) is 12.2. The number of nitro groups is 1. The summed E-state index contributed by atoms with van der Waals surface area (Å²) in [5.41, 5.74) is 0.752. The smallest absolute Gasteiger partial charge is 0.407 e. The molecular weight excluding hydrogens is 612 g/mol. The number of nitrogens with one attached hydrogen (secondary N) is 4. The Morgan fingerprint density at radius 3 is 2.02 bits per heavy atom. The Hall–Kier alpha value is -3.90. The minimum absolute atomic E-state index is 0.0848. The van der Waals surface area contributed by atoms with Crippen molar-refractivity contribution >= 4 is 50.8 Å². The molecule has 4 N–H and O–H groups in total. The monoisotopic (exact) mass is 654 g/mol. The van der Waals surface area contributed by atoms with E-state index in [-0.39, 0.29) is 33.0 Å². The van der Waals surface area contributed by atoms with Crippen molar-refractivity contribution in [1.29, 1.82) is 0 Å². The van der Waals surface area contributed by atoms with Crippen LogP contribution in [0.15, 0.2) is 18.2 Å². The largest absolute Gasteiger partial charge is 0.444 e. The number of amides is 3. The van der Waals surface area contributed by atoms with Gasteiger partial charge >= 0.3 is 11.1 Å². The molecule has 0 aliphatic carbocycles. The van der Waals surface area contributed by atoms with E-state index in [2.05, 4.69) is 26.3 Å². The number of ether oxygens (including phenoxy) is 5. The van der Waals surface area contributed by atoms with E-state index in [0.717, 1.165) is 11.3 Å². The third-order valence-electron chi connectivity index (χ3n) is 5.34. The normalized spacial score (nSPS) is 11.1. The Balaban J connectivity index is 1.57. The minimum atomic E-state index is -0.569. The number of nitrogens with zero attached hydrogens (tertiary/aromatic N) is 2. The quantitative estimate of drug-likeness (QED) is 0.0920. The van der Waals surface area contributed by atoms with Crippen LogP contribution in [0.5, 0.6) is 0 Å². The second-order valence-corrected chi connectivity index (χ2v) is 11.3. The van der Waals surface area contributed by atoms with Gasteiger partial charge < -0.3 is 39.6 Å². The van der Waals surface area contributed by atoms with Crippen molar-refractivity contribution in [3.63, 3.8) is 0 Å². The Labute approximate surface area is 265 Å². The van der Waals surface area contributed by atoms with Crippen LogP contribution in [0.4, 0.5) is 26.3 Å². The van der Waals surface area contributed by atoms with E-state index < -0.39 is 22.5 Å². The van der Waals surface area contributed by atoms with Crippen LogP contribution >= 0.6 is 11.3 Å². The van der Waals surface area contributed by atoms with Gasteiger partial charge in [0, 0.05) is 25.7 Å². The summed E-state index contributed by atoms with van der Waals surface area (Å²) in [7, 11) is 0. The molecule has 16 nitrogen and oxygen atoms in total. The Morgan fingerprint density at radius 2 is 1.49 bits per heavy atom. The number of hydrogen-bond donors (Lipinski definition) is 4. The fourth-order valence-electron chi connectivity index (χ4n) is 3.49. The molecule has 17 heteroatoms. The number of thiazole rings is 1. The molecule has 0 saturated heterocycles. The van der Waals surface area contributed by atoms with Crippen molar-refractivity contribution < 1.29 is 43.0 Å². The molecular formula is C28H42N6O10S. The summed E-state index contributed by atoms with van der Waals surface area (Å²) in [4.78, 5) is 50.6. The Bertz CT molecular complexity index is 1270. The highest BCUT2D eigenvalue weighted by Crippen LogP contribution is 2.30. The van der Waals surface area contributed by atoms with E-state index >= 15 is 0 Å². The lowest BCUT2D eigenvalue weighted by atomic mass is 10.1. The summed E-state index contributed by atoms with van der Waals surface area (Å²) >= 11 is 0.754. The van der Waals surface area contributed by atoms with Gasteiger partial charge in [-0.25, -0.2) is 9.78 Å². The fourth-order valence-corrected chi connectivity index (χ4v) is 4.27. The number of rotatable bonds is 20. The number of alkyl carbamates (subject to hydrolysis) is 1. The van der Waals surface area contributed by atoms with Crippen molar-refractivity contribution in [3.8, 4) is 0 Å². The van der Waals surface area contributed by atoms with Crippen LogP contribution < -0.4 is 21.3 Å². The lowest BCUT2D eigenvalue weighted by Crippen LogP contribution is -2.34. The van der Waals surface area contributed by atoms with Gasteiger partial charge in [-0.05, 0) is 57.2 Å². The van der Waals surface area contributed by atoms with Crippen molar-refractivity contribution in [2.75, 3.05) is 81.9 Å². The van der Waals surface area contributed by atoms with E-state index in [9.17, 15) is 24.5 Å². The van der Waals surface area contributed by atoms with Crippen molar-refractivity contribution in [1.82, 2.24) is 10.3 Å². The van der Waals surface area contributed by atoms with Crippen LogP contribution in [-0.2, 0) is 28.5 Å². The van der Waals surface area contributed by atoms with Gasteiger partial charge in [0.15, 0.2) is 5.13 Å². The molecule has 0 saturated carbocycles. The van der Waals surface area contributed by atoms with Crippen LogP contribution in [0.1, 0.15) is 43.7 Å². The average molecular weight is 655 g/mol. The standard InChI is InChI=1S/C28H42N6O10S/c1-19-25(34(38)39)45-26(31-19)33-24(36)22-7-6-21(18-23(22)32-20(2)35)29-8-10-40-12-14-42-16-17-43-15-13-41-11-9-30-27(37)44-28(3,4)5/h6-7,18,29H,8-17H2,1-5H3,(H,30,37)(H,32,35)(H,31,33,36). The van der Waals surface area contributed by atoms with Gasteiger partial charge in [0.05, 0.1) is 69.0 Å². The van der Waals surface area contributed by atoms with E-state index in [0.29, 0.717) is 71.6 Å². The first-order chi connectivity index (χ1) is 21.4. The van der Waals surface area contributed by atoms with Crippen molar-refractivity contribution in [2.24, 2.45) is 0 Å². The number of aryl methyl sites for hydroxylation is 1. The first-order valence-electron chi connectivity index (χ1n) is 14.2. The molecule has 2 rings (SSSR count). The van der Waals surface area contributed by atoms with E-state index in [1.807, 2.05) is 0 Å². The summed E-state index contributed by atoms with van der Waals surface area (Å²) in [5, 5.41) is 21.9. The molecule has 3 amide bonds. The molecule has 1 aromatic heterocycles. The molecule has 250 valence electrons. The van der Waals surface area contributed by atoms with Gasteiger partial charge in [0.2, 0.25) is 5.91 Å². The van der Waals surface area contributed by atoms with Gasteiger partial charge in [-0.1, -0.05) is 0 Å². The molecule has 1 heterocycles. The van der Waals surface area contributed by atoms with Crippen LogP contribution in [0.2, 0.25) is 0 Å². The number of carbonyl (C=O) groups excluding carboxylic acids is 3. The maximum Gasteiger partial charge on any atom is 0.407 e. The molecule has 45 heavy (non-hydrogen) atoms. The van der Waals surface area contributed by atoms with Crippen LogP contribution in [-0.4, -0.2) is 99.4 Å². The number of aromatic nitrogens is 1. The highest BCUT2D eigenvalue weighted by molar-refractivity contribution is 7.19. The molecule has 0 unspecified atom stereocenters. The van der Waals surface area contributed by atoms with E-state index in [4.69, 9.17) is 23.7 Å². The molecule has 0 spiro atoms. The Kier molecular flexibility index (Phi) is 16.1. The summed E-state index contributed by atoms with van der Waals surface area (Å²) in [5.74, 6) is -0.936. The van der Waals surface area contributed by atoms with Gasteiger partial charge in [-0.15, -0.1) is 0 Å². The SMILES string of the molecule is CC(=O)Nc1cc(NCCOCCOCCOCCOCCNC(=O)OC(C)(C)C)ccc1C(=O)Nc1nc(C)c([N+](=O)[O-])s1. The summed E-state index contributed by atoms with van der Waals surface area (Å²) < 4.78 is 27.0. The molecule has 0 aliphatic heterocycles. The maximum absolute atomic E-state index is 12.8. The number of carbonyl (C=O) groups is 3. The predicted molar refractivity (Wildman–Crippen MR) is 168 cm³/mol. The first kappa shape index (κ1) is 37.3. The zero-order chi connectivity index (χ0) is 33.2. The number of hydrogen-bond acceptors (Lipinski definition) is 13. The predicted octanol–water partition coefficient (Wildman–Crippen LogP) is 3.57. The highest BCUT2D eigenvalue weighted by atomic mass is 32.1. The molecule has 0 aliphatic rings. The van der Waals surface area contributed by atoms with Gasteiger partial charge in [-0.3, -0.25) is 25.0 Å². The average Bonchev–Trinajstić information content (AvgIpc) is 3.31. The summed E-state index contributed by atoms with van der Waals surface area (Å²) in [6.07, 6.45) is -0.479. The third kappa shape index (κ3) is 15.6. The van der Waals surface area contributed by atoms with E-state index in [1.165, 1.54) is 19.9 Å². The first-order valence-corrected chi connectivity index (χ1v) is 15.0. The zero-order valence-corrected chi connectivity index (χ0v) is 27.0. The van der Waals surface area contributed by atoms with Crippen LogP contribution in [0.3, 0.4) is 0 Å². The fraction of sp³-hybridized carbons (Fsp3) is 0.571. The topological polar surface area (TPSA) is 202 Å². The van der Waals surface area contributed by atoms with Gasteiger partial charge in [0.25, 0.3) is 5.91 Å². The molecule has 2 aromatic rings. The van der Waals surface area contributed by atoms with Crippen LogP contribution in [0.25, 0.3) is 0 Å². The molecule has 1 aromatic carbocycles. The van der Waals surface area contributed by atoms with Gasteiger partial charge in [-0.2, -0.15) is 0 Å². The number of anilines is 3. The lowest BCUT2D eigenvalue weighted by Gasteiger charge is -2.19. The van der Waals surface area contributed by atoms with Crippen LogP contribution in [0, 0.1) is 17.0 Å². The second-order valence-electron chi connectivity index (χ2n) is 10.4. The zero-order valence-electron chi connectivity index (χ0n) is 26.2. The van der Waals surface area contributed by atoms with Crippen molar-refractivity contribution in [3.05, 3.63) is 39.6 Å². The number of benzene rings is 1. The van der Waals surface area contributed by atoms with Gasteiger partial charge in [0.1, 0.15) is 11.3 Å². The van der Waals surface area contributed by atoms with E-state index in [1.54, 1.807) is 32.9 Å². The lowest BCUT2D eigenvalue weighted by molar-refractivity contribution is -0.380.